The van der Waals surface area contributed by atoms with Gasteiger partial charge in [-0.25, -0.2) is 0 Å². The average Bonchev–Trinajstić information content (AvgIpc) is 2.53. The zero-order valence-electron chi connectivity index (χ0n) is 13.6. The number of rotatable bonds is 6. The second-order valence-corrected chi connectivity index (χ2v) is 6.04. The number of hydrogen-bond acceptors (Lipinski definition) is 5. The number of benzene rings is 1. The monoisotopic (exact) mass is 321 g/mol. The van der Waals surface area contributed by atoms with Crippen LogP contribution in [0.2, 0.25) is 0 Å². The Hall–Kier alpha value is -2.15. The summed E-state index contributed by atoms with van der Waals surface area (Å²) in [4.78, 5) is 26.5. The maximum atomic E-state index is 12.4. The molecule has 1 aliphatic heterocycles. The van der Waals surface area contributed by atoms with Crippen LogP contribution in [0.1, 0.15) is 19.3 Å². The fourth-order valence-corrected chi connectivity index (χ4v) is 2.83. The number of likely N-dealkylation sites (N-methyl/N-ethyl adjacent to an activating group) is 1. The highest BCUT2D eigenvalue weighted by atomic mass is 16.6. The van der Waals surface area contributed by atoms with Gasteiger partial charge >= 0.3 is 0 Å². The van der Waals surface area contributed by atoms with Crippen molar-refractivity contribution in [3.8, 4) is 5.75 Å². The standard InChI is InChI=1S/C16H23N3O4/c1-17(2)11-14-5-3-4-10-18(14)16(20)12-23-15-8-6-13(7-9-15)19(21)22/h6-9,14H,3-5,10-12H2,1-2H3/t14-/m1/s1. The number of ether oxygens (including phenoxy) is 1. The van der Waals surface area contributed by atoms with Crippen LogP contribution >= 0.6 is 0 Å². The molecule has 0 saturated carbocycles. The molecule has 1 aromatic carbocycles. The SMILES string of the molecule is CN(C)C[C@H]1CCCCN1C(=O)COc1ccc([N+](=O)[O-])cc1. The molecule has 0 N–H and O–H groups in total. The molecule has 7 heteroatoms. The number of likely N-dealkylation sites (tertiary alicyclic amines) is 1. The van der Waals surface area contributed by atoms with Gasteiger partial charge in [0.15, 0.2) is 6.61 Å². The van der Waals surface area contributed by atoms with Crippen LogP contribution in [-0.4, -0.2) is 60.5 Å². The molecule has 1 atom stereocenters. The molecule has 1 heterocycles. The Balaban J connectivity index is 1.90. The molecule has 1 aliphatic rings. The predicted octanol–water partition coefficient (Wildman–Crippen LogP) is 1.92. The zero-order chi connectivity index (χ0) is 16.8. The Labute approximate surface area is 136 Å². The Morgan fingerprint density at radius 1 is 1.35 bits per heavy atom. The summed E-state index contributed by atoms with van der Waals surface area (Å²) in [6, 6.07) is 6.00. The topological polar surface area (TPSA) is 75.9 Å². The molecule has 0 aliphatic carbocycles. The summed E-state index contributed by atoms with van der Waals surface area (Å²) in [5.74, 6) is 0.431. The van der Waals surface area contributed by atoms with Crippen molar-refractivity contribution in [1.29, 1.82) is 0 Å². The lowest BCUT2D eigenvalue weighted by Crippen LogP contribution is -2.49. The Morgan fingerprint density at radius 2 is 2.04 bits per heavy atom. The summed E-state index contributed by atoms with van der Waals surface area (Å²) >= 11 is 0. The first-order chi connectivity index (χ1) is 11.0. The Bertz CT molecular complexity index is 545. The zero-order valence-corrected chi connectivity index (χ0v) is 13.6. The maximum Gasteiger partial charge on any atom is 0.269 e. The largest absolute Gasteiger partial charge is 0.484 e. The second kappa shape index (κ2) is 7.92. The van der Waals surface area contributed by atoms with Crippen LogP contribution in [0.5, 0.6) is 5.75 Å². The van der Waals surface area contributed by atoms with Crippen molar-refractivity contribution in [2.75, 3.05) is 33.8 Å². The van der Waals surface area contributed by atoms with Crippen molar-refractivity contribution in [3.05, 3.63) is 34.4 Å². The highest BCUT2D eigenvalue weighted by Crippen LogP contribution is 2.20. The van der Waals surface area contributed by atoms with Crippen molar-refractivity contribution >= 4 is 11.6 Å². The van der Waals surface area contributed by atoms with E-state index < -0.39 is 4.92 Å². The molecular formula is C16H23N3O4. The minimum Gasteiger partial charge on any atom is -0.484 e. The van der Waals surface area contributed by atoms with E-state index in [0.717, 1.165) is 32.4 Å². The van der Waals surface area contributed by atoms with Crippen molar-refractivity contribution in [2.24, 2.45) is 0 Å². The van der Waals surface area contributed by atoms with E-state index >= 15 is 0 Å². The fraction of sp³-hybridized carbons (Fsp3) is 0.562. The predicted molar refractivity (Wildman–Crippen MR) is 86.5 cm³/mol. The van der Waals surface area contributed by atoms with Gasteiger partial charge in [-0.1, -0.05) is 0 Å². The van der Waals surface area contributed by atoms with Crippen molar-refractivity contribution in [3.63, 3.8) is 0 Å². The molecule has 1 aromatic rings. The number of carbonyl (C=O) groups excluding carboxylic acids is 1. The van der Waals surface area contributed by atoms with Gasteiger partial charge in [-0.05, 0) is 45.5 Å². The molecule has 2 rings (SSSR count). The third-order valence-electron chi connectivity index (χ3n) is 3.93. The molecule has 1 saturated heterocycles. The molecule has 0 bridgehead atoms. The van der Waals surface area contributed by atoms with Crippen LogP contribution < -0.4 is 4.74 Å². The summed E-state index contributed by atoms with van der Waals surface area (Å²) < 4.78 is 5.48. The Kier molecular flexibility index (Phi) is 5.92. The number of nitro groups is 1. The third-order valence-corrected chi connectivity index (χ3v) is 3.93. The van der Waals surface area contributed by atoms with E-state index in [1.165, 1.54) is 24.3 Å². The third kappa shape index (κ3) is 4.92. The van der Waals surface area contributed by atoms with E-state index in [2.05, 4.69) is 4.90 Å². The molecular weight excluding hydrogens is 298 g/mol. The number of nitrogens with zero attached hydrogens (tertiary/aromatic N) is 3. The molecule has 0 radical (unpaired) electrons. The number of piperidine rings is 1. The van der Waals surface area contributed by atoms with Gasteiger partial charge in [-0.15, -0.1) is 0 Å². The average molecular weight is 321 g/mol. The molecule has 126 valence electrons. The van der Waals surface area contributed by atoms with Gasteiger partial charge in [0.25, 0.3) is 11.6 Å². The highest BCUT2D eigenvalue weighted by Gasteiger charge is 2.27. The van der Waals surface area contributed by atoms with E-state index in [9.17, 15) is 14.9 Å². The van der Waals surface area contributed by atoms with Crippen LogP contribution in [0, 0.1) is 10.1 Å². The lowest BCUT2D eigenvalue weighted by Gasteiger charge is -2.37. The quantitative estimate of drug-likeness (QED) is 0.591. The van der Waals surface area contributed by atoms with Crippen LogP contribution in [-0.2, 0) is 4.79 Å². The van der Waals surface area contributed by atoms with Gasteiger partial charge in [0.2, 0.25) is 0 Å². The van der Waals surface area contributed by atoms with Crippen LogP contribution in [0.25, 0.3) is 0 Å². The molecule has 1 amide bonds. The number of carbonyl (C=O) groups is 1. The van der Waals surface area contributed by atoms with E-state index in [-0.39, 0.29) is 24.2 Å². The lowest BCUT2D eigenvalue weighted by atomic mass is 10.0. The normalized spacial score (nSPS) is 18.0. The van der Waals surface area contributed by atoms with Gasteiger partial charge in [0, 0.05) is 31.3 Å². The first-order valence-electron chi connectivity index (χ1n) is 7.79. The Morgan fingerprint density at radius 3 is 2.65 bits per heavy atom. The minimum absolute atomic E-state index is 0.00533. The molecule has 7 nitrogen and oxygen atoms in total. The molecule has 0 unspecified atom stereocenters. The first kappa shape index (κ1) is 17.2. The van der Waals surface area contributed by atoms with Crippen LogP contribution in [0.4, 0.5) is 5.69 Å². The summed E-state index contributed by atoms with van der Waals surface area (Å²) in [6.07, 6.45) is 3.18. The molecule has 1 fully saturated rings. The summed E-state index contributed by atoms with van der Waals surface area (Å²) in [6.45, 7) is 1.58. The van der Waals surface area contributed by atoms with E-state index in [0.29, 0.717) is 5.75 Å². The summed E-state index contributed by atoms with van der Waals surface area (Å²) in [7, 11) is 4.01. The van der Waals surface area contributed by atoms with Crippen LogP contribution in [0.3, 0.4) is 0 Å². The lowest BCUT2D eigenvalue weighted by molar-refractivity contribution is -0.384. The van der Waals surface area contributed by atoms with E-state index in [1.807, 2.05) is 19.0 Å². The van der Waals surface area contributed by atoms with Gasteiger partial charge in [-0.2, -0.15) is 0 Å². The first-order valence-corrected chi connectivity index (χ1v) is 7.79. The van der Waals surface area contributed by atoms with Gasteiger partial charge in [-0.3, -0.25) is 14.9 Å². The number of hydrogen-bond donors (Lipinski definition) is 0. The number of nitro benzene ring substituents is 1. The van der Waals surface area contributed by atoms with Crippen LogP contribution in [0.15, 0.2) is 24.3 Å². The van der Waals surface area contributed by atoms with Crippen molar-refractivity contribution in [1.82, 2.24) is 9.80 Å². The molecule has 0 spiro atoms. The van der Waals surface area contributed by atoms with Gasteiger partial charge in [0.05, 0.1) is 4.92 Å². The fourth-order valence-electron chi connectivity index (χ4n) is 2.83. The highest BCUT2D eigenvalue weighted by molar-refractivity contribution is 5.78. The van der Waals surface area contributed by atoms with Gasteiger partial charge in [0.1, 0.15) is 5.75 Å². The molecule has 0 aromatic heterocycles. The minimum atomic E-state index is -0.464. The molecule has 23 heavy (non-hydrogen) atoms. The van der Waals surface area contributed by atoms with E-state index in [1.54, 1.807) is 0 Å². The second-order valence-electron chi connectivity index (χ2n) is 6.04. The van der Waals surface area contributed by atoms with Gasteiger partial charge < -0.3 is 14.5 Å². The summed E-state index contributed by atoms with van der Waals surface area (Å²) in [5.41, 5.74) is 0.00533. The number of non-ortho nitro benzene ring substituents is 1. The van der Waals surface area contributed by atoms with Crippen molar-refractivity contribution in [2.45, 2.75) is 25.3 Å². The van der Waals surface area contributed by atoms with Crippen molar-refractivity contribution < 1.29 is 14.5 Å². The maximum absolute atomic E-state index is 12.4. The number of amides is 1. The summed E-state index contributed by atoms with van der Waals surface area (Å²) in [5, 5.41) is 10.6. The van der Waals surface area contributed by atoms with E-state index in [4.69, 9.17) is 4.74 Å². The smallest absolute Gasteiger partial charge is 0.269 e.